The van der Waals surface area contributed by atoms with E-state index in [4.69, 9.17) is 18.9 Å². The highest BCUT2D eigenvalue weighted by molar-refractivity contribution is 6.06. The number of hydrogen-bond acceptors (Lipinski definition) is 6. The first kappa shape index (κ1) is 20.9. The largest absolute Gasteiger partial charge is 0.464 e. The number of aryl methyl sites for hydroxylation is 2. The van der Waals surface area contributed by atoms with Gasteiger partial charge in [-0.3, -0.25) is 0 Å². The van der Waals surface area contributed by atoms with Crippen molar-refractivity contribution in [3.8, 4) is 0 Å². The van der Waals surface area contributed by atoms with Gasteiger partial charge in [0.1, 0.15) is 0 Å². The Labute approximate surface area is 186 Å². The van der Waals surface area contributed by atoms with Crippen LogP contribution < -0.4 is 0 Å². The van der Waals surface area contributed by atoms with Crippen molar-refractivity contribution < 1.29 is 28.5 Å². The lowest BCUT2D eigenvalue weighted by molar-refractivity contribution is -0.148. The molecule has 2 aliphatic heterocycles. The topological polar surface area (TPSA) is 71.1 Å². The van der Waals surface area contributed by atoms with Gasteiger partial charge in [0.15, 0.2) is 12.2 Å². The average Bonchev–Trinajstić information content (AvgIpc) is 3.38. The standard InChI is InChI=1S/C26H26O6/c1-15-3-5-17-19(11-15)21(13-31-23-7-9-29-25(23)27)18-6-4-16(2)12-20(18)22(17)14-32-24-8-10-30-26(24)28/h3-6,11-12,23-24H,7-10,13-14H2,1-2H3. The number of fused-ring (bicyclic) bond motifs is 2. The van der Waals surface area contributed by atoms with Gasteiger partial charge in [0.05, 0.1) is 26.4 Å². The predicted molar refractivity (Wildman–Crippen MR) is 119 cm³/mol. The van der Waals surface area contributed by atoms with Crippen LogP contribution in [0.2, 0.25) is 0 Å². The quantitative estimate of drug-likeness (QED) is 0.426. The smallest absolute Gasteiger partial charge is 0.335 e. The van der Waals surface area contributed by atoms with Crippen molar-refractivity contribution in [1.82, 2.24) is 0 Å². The lowest BCUT2D eigenvalue weighted by atomic mass is 9.90. The van der Waals surface area contributed by atoms with E-state index < -0.39 is 12.2 Å². The highest BCUT2D eigenvalue weighted by Crippen LogP contribution is 2.36. The lowest BCUT2D eigenvalue weighted by Gasteiger charge is -2.19. The molecule has 6 nitrogen and oxygen atoms in total. The Balaban J connectivity index is 1.61. The van der Waals surface area contributed by atoms with Crippen molar-refractivity contribution in [2.24, 2.45) is 0 Å². The van der Waals surface area contributed by atoms with Crippen LogP contribution in [0.3, 0.4) is 0 Å². The molecule has 0 radical (unpaired) electrons. The molecule has 0 saturated carbocycles. The van der Waals surface area contributed by atoms with E-state index in [9.17, 15) is 9.59 Å². The first-order valence-electron chi connectivity index (χ1n) is 11.0. The van der Waals surface area contributed by atoms with Crippen molar-refractivity contribution in [3.63, 3.8) is 0 Å². The summed E-state index contributed by atoms with van der Waals surface area (Å²) < 4.78 is 22.1. The van der Waals surface area contributed by atoms with Gasteiger partial charge in [0.25, 0.3) is 0 Å². The molecule has 0 spiro atoms. The van der Waals surface area contributed by atoms with E-state index in [0.717, 1.165) is 43.8 Å². The highest BCUT2D eigenvalue weighted by Gasteiger charge is 2.29. The van der Waals surface area contributed by atoms with E-state index in [1.54, 1.807) is 0 Å². The number of rotatable bonds is 6. The Morgan fingerprint density at radius 2 is 1.16 bits per heavy atom. The van der Waals surface area contributed by atoms with Crippen molar-refractivity contribution in [2.45, 2.75) is 52.1 Å². The van der Waals surface area contributed by atoms with Gasteiger partial charge in [-0.2, -0.15) is 0 Å². The van der Waals surface area contributed by atoms with Crippen LogP contribution in [0.15, 0.2) is 36.4 Å². The van der Waals surface area contributed by atoms with Crippen molar-refractivity contribution in [2.75, 3.05) is 13.2 Å². The summed E-state index contributed by atoms with van der Waals surface area (Å²) in [4.78, 5) is 23.8. The van der Waals surface area contributed by atoms with Crippen LogP contribution >= 0.6 is 0 Å². The number of ether oxygens (including phenoxy) is 4. The van der Waals surface area contributed by atoms with E-state index in [0.29, 0.717) is 39.3 Å². The number of benzene rings is 3. The third-order valence-corrected chi connectivity index (χ3v) is 6.28. The summed E-state index contributed by atoms with van der Waals surface area (Å²) in [5.41, 5.74) is 4.36. The molecule has 3 aromatic rings. The summed E-state index contributed by atoms with van der Waals surface area (Å²) in [7, 11) is 0. The molecule has 0 amide bonds. The maximum atomic E-state index is 11.9. The minimum absolute atomic E-state index is 0.292. The van der Waals surface area contributed by atoms with Crippen LogP contribution in [0.5, 0.6) is 0 Å². The molecule has 0 aliphatic carbocycles. The lowest BCUT2D eigenvalue weighted by Crippen LogP contribution is -2.19. The van der Waals surface area contributed by atoms with E-state index in [1.165, 1.54) is 0 Å². The Hall–Kier alpha value is -2.96. The van der Waals surface area contributed by atoms with Crippen molar-refractivity contribution in [1.29, 1.82) is 0 Å². The molecular weight excluding hydrogens is 408 g/mol. The van der Waals surface area contributed by atoms with E-state index in [1.807, 2.05) is 0 Å². The van der Waals surface area contributed by atoms with Gasteiger partial charge >= 0.3 is 11.9 Å². The van der Waals surface area contributed by atoms with Gasteiger partial charge in [0.2, 0.25) is 0 Å². The van der Waals surface area contributed by atoms with Gasteiger partial charge in [-0.25, -0.2) is 9.59 Å². The molecule has 0 N–H and O–H groups in total. The molecule has 5 rings (SSSR count). The summed E-state index contributed by atoms with van der Waals surface area (Å²) in [6, 6.07) is 12.7. The fraction of sp³-hybridized carbons (Fsp3) is 0.385. The molecular formula is C26H26O6. The maximum absolute atomic E-state index is 11.9. The van der Waals surface area contributed by atoms with E-state index in [2.05, 4.69) is 50.2 Å². The molecule has 2 atom stereocenters. The van der Waals surface area contributed by atoms with E-state index in [-0.39, 0.29) is 11.9 Å². The number of carbonyl (C=O) groups is 2. The molecule has 2 fully saturated rings. The van der Waals surface area contributed by atoms with Crippen LogP contribution in [-0.2, 0) is 41.8 Å². The molecule has 166 valence electrons. The Bertz CT molecular complexity index is 1120. The Kier molecular flexibility index (Phi) is 5.57. The summed E-state index contributed by atoms with van der Waals surface area (Å²) in [6.45, 7) is 5.56. The Morgan fingerprint density at radius 3 is 1.53 bits per heavy atom. The average molecular weight is 434 g/mol. The summed E-state index contributed by atoms with van der Waals surface area (Å²) >= 11 is 0. The molecule has 2 heterocycles. The van der Waals surface area contributed by atoms with Crippen LogP contribution in [0.4, 0.5) is 0 Å². The first-order chi connectivity index (χ1) is 15.5. The van der Waals surface area contributed by atoms with Gasteiger partial charge in [-0.1, -0.05) is 47.5 Å². The van der Waals surface area contributed by atoms with Crippen molar-refractivity contribution >= 4 is 33.5 Å². The molecule has 0 aromatic heterocycles. The summed E-state index contributed by atoms with van der Waals surface area (Å²) in [6.07, 6.45) is 0.116. The second-order valence-electron chi connectivity index (χ2n) is 8.57. The molecule has 0 bridgehead atoms. The van der Waals surface area contributed by atoms with Gasteiger partial charge < -0.3 is 18.9 Å². The van der Waals surface area contributed by atoms with Gasteiger partial charge in [-0.15, -0.1) is 0 Å². The zero-order chi connectivity index (χ0) is 22.2. The monoisotopic (exact) mass is 434 g/mol. The second-order valence-corrected chi connectivity index (χ2v) is 8.57. The van der Waals surface area contributed by atoms with Crippen LogP contribution in [0, 0.1) is 13.8 Å². The molecule has 6 heteroatoms. The molecule has 2 aliphatic rings. The zero-order valence-electron chi connectivity index (χ0n) is 18.3. The van der Waals surface area contributed by atoms with Gasteiger partial charge in [-0.05, 0) is 46.5 Å². The number of cyclic esters (lactones) is 2. The fourth-order valence-corrected chi connectivity index (χ4v) is 4.57. The third-order valence-electron chi connectivity index (χ3n) is 6.28. The van der Waals surface area contributed by atoms with E-state index >= 15 is 0 Å². The zero-order valence-corrected chi connectivity index (χ0v) is 18.3. The first-order valence-corrected chi connectivity index (χ1v) is 11.0. The predicted octanol–water partition coefficient (Wildman–Crippen LogP) is 4.27. The fourth-order valence-electron chi connectivity index (χ4n) is 4.57. The minimum atomic E-state index is -0.522. The summed E-state index contributed by atoms with van der Waals surface area (Å²) in [5.74, 6) is -0.585. The molecule has 3 aromatic carbocycles. The molecule has 2 saturated heterocycles. The molecule has 32 heavy (non-hydrogen) atoms. The minimum Gasteiger partial charge on any atom is -0.464 e. The second kappa shape index (κ2) is 8.52. The van der Waals surface area contributed by atoms with Crippen LogP contribution in [-0.4, -0.2) is 37.4 Å². The Morgan fingerprint density at radius 1 is 0.719 bits per heavy atom. The SMILES string of the molecule is Cc1ccc2c(COC3CCOC3=O)c3cc(C)ccc3c(COC3CCOC3=O)c2c1. The maximum Gasteiger partial charge on any atom is 0.335 e. The van der Waals surface area contributed by atoms with Gasteiger partial charge in [0, 0.05) is 12.8 Å². The number of carbonyl (C=O) groups excluding carboxylic acids is 2. The number of esters is 2. The van der Waals surface area contributed by atoms with Crippen LogP contribution in [0.25, 0.3) is 21.5 Å². The summed E-state index contributed by atoms with van der Waals surface area (Å²) in [5, 5.41) is 4.26. The third kappa shape index (κ3) is 3.85. The van der Waals surface area contributed by atoms with Crippen molar-refractivity contribution in [3.05, 3.63) is 58.7 Å². The highest BCUT2D eigenvalue weighted by atomic mass is 16.6. The molecule has 2 unspecified atom stereocenters. The van der Waals surface area contributed by atoms with Crippen LogP contribution in [0.1, 0.15) is 35.1 Å². The normalized spacial score (nSPS) is 20.8. The number of hydrogen-bond donors (Lipinski definition) is 0.